The first-order valence-electron chi connectivity index (χ1n) is 11.0. The Morgan fingerprint density at radius 2 is 1.89 bits per heavy atom. The summed E-state index contributed by atoms with van der Waals surface area (Å²) in [7, 11) is 0. The van der Waals surface area contributed by atoms with Crippen LogP contribution in [0.2, 0.25) is 5.02 Å². The lowest BCUT2D eigenvalue weighted by Crippen LogP contribution is -2.18. The number of hydrogen-bond acceptors (Lipinski definition) is 4. The molecule has 0 fully saturated rings. The lowest BCUT2D eigenvalue weighted by Gasteiger charge is -2.19. The van der Waals surface area contributed by atoms with Gasteiger partial charge in [-0.15, -0.1) is 0 Å². The minimum atomic E-state index is -4.91. The van der Waals surface area contributed by atoms with E-state index in [1.165, 1.54) is 18.3 Å². The zero-order valence-corrected chi connectivity index (χ0v) is 19.1. The summed E-state index contributed by atoms with van der Waals surface area (Å²) >= 11 is 6.29. The molecule has 1 atom stereocenters. The number of benzene rings is 3. The van der Waals surface area contributed by atoms with Crippen molar-refractivity contribution < 1.29 is 32.9 Å². The van der Waals surface area contributed by atoms with Crippen LogP contribution in [0.25, 0.3) is 16.6 Å². The van der Waals surface area contributed by atoms with Gasteiger partial charge in [-0.1, -0.05) is 17.7 Å². The van der Waals surface area contributed by atoms with E-state index < -0.39 is 40.9 Å². The van der Waals surface area contributed by atoms with E-state index in [4.69, 9.17) is 11.6 Å². The van der Waals surface area contributed by atoms with Crippen molar-refractivity contribution in [1.82, 2.24) is 10.3 Å². The quantitative estimate of drug-likeness (QED) is 0.241. The minimum absolute atomic E-state index is 0.0458. The highest BCUT2D eigenvalue weighted by molar-refractivity contribution is 6.31. The van der Waals surface area contributed by atoms with E-state index >= 15 is 0 Å². The monoisotopic (exact) mass is 530 g/mol. The molecule has 186 valence electrons. The fourth-order valence-electron chi connectivity index (χ4n) is 4.14. The molecule has 1 aliphatic rings. The van der Waals surface area contributed by atoms with Crippen molar-refractivity contribution in [2.75, 3.05) is 5.32 Å². The van der Waals surface area contributed by atoms with Gasteiger partial charge >= 0.3 is 6.18 Å². The molecule has 2 N–H and O–H groups in total. The summed E-state index contributed by atoms with van der Waals surface area (Å²) in [5, 5.41) is 5.41. The van der Waals surface area contributed by atoms with E-state index in [1.807, 2.05) is 0 Å². The third-order valence-electron chi connectivity index (χ3n) is 5.69. The van der Waals surface area contributed by atoms with E-state index in [2.05, 4.69) is 15.6 Å². The molecule has 0 saturated carbocycles. The molecule has 0 radical (unpaired) electrons. The number of amides is 1. The van der Waals surface area contributed by atoms with Gasteiger partial charge in [0.25, 0.3) is 5.91 Å². The first-order chi connectivity index (χ1) is 17.9. The summed E-state index contributed by atoms with van der Waals surface area (Å²) in [6.07, 6.45) is -3.49. The van der Waals surface area contributed by atoms with Gasteiger partial charge in [-0.3, -0.25) is 9.78 Å². The highest BCUT2D eigenvalue weighted by atomic mass is 35.5. The van der Waals surface area contributed by atoms with Crippen LogP contribution in [0, 0.1) is 11.6 Å². The number of pyridine rings is 1. The Hall–Kier alpha value is -4.27. The van der Waals surface area contributed by atoms with Crippen LogP contribution in [-0.2, 0) is 11.0 Å². The standard InChI is InChI=1S/C26H13ClF5N3O2/c27-18-4-3-14(28)9-17(18)24-23-20(10-19-16(2-1-5-33-19)22(23)21(11-36)34-24)35-25(37)12-6-13(26(30,31)32)8-15(29)7-12/h1-10,24,34H,(H,35,37)/i24D. The Kier molecular flexibility index (Phi) is 5.62. The number of nitrogens with one attached hydrogen (secondary N) is 2. The first-order valence-corrected chi connectivity index (χ1v) is 10.9. The molecule has 0 spiro atoms. The summed E-state index contributed by atoms with van der Waals surface area (Å²) in [6, 6.07) is 6.94. The Balaban J connectivity index is 1.75. The number of anilines is 1. The zero-order chi connectivity index (χ0) is 27.4. The minimum Gasteiger partial charge on any atom is -0.364 e. The van der Waals surface area contributed by atoms with Crippen molar-refractivity contribution in [3.05, 3.63) is 105 Å². The summed E-state index contributed by atoms with van der Waals surface area (Å²) in [4.78, 5) is 29.2. The van der Waals surface area contributed by atoms with E-state index in [0.29, 0.717) is 17.5 Å². The molecule has 5 rings (SSSR count). The van der Waals surface area contributed by atoms with E-state index in [9.17, 15) is 32.9 Å². The Morgan fingerprint density at radius 1 is 1.11 bits per heavy atom. The number of carbonyl (C=O) groups excluding carboxylic acids is 2. The van der Waals surface area contributed by atoms with Crippen LogP contribution >= 0.6 is 11.6 Å². The molecule has 1 amide bonds. The van der Waals surface area contributed by atoms with Gasteiger partial charge < -0.3 is 10.6 Å². The summed E-state index contributed by atoms with van der Waals surface area (Å²) in [5.41, 5.74) is -2.21. The van der Waals surface area contributed by atoms with Gasteiger partial charge in [0.2, 0.25) is 0 Å². The normalized spacial score (nSPS) is 17.1. The van der Waals surface area contributed by atoms with Gasteiger partial charge in [0.1, 0.15) is 17.3 Å². The zero-order valence-electron chi connectivity index (χ0n) is 19.3. The lowest BCUT2D eigenvalue weighted by molar-refractivity contribution is -0.137. The molecule has 37 heavy (non-hydrogen) atoms. The van der Waals surface area contributed by atoms with Gasteiger partial charge in [0.15, 0.2) is 5.94 Å². The molecule has 0 aliphatic carbocycles. The average Bonchev–Trinajstić information content (AvgIpc) is 3.18. The molecular formula is C26H13ClF5N3O2. The summed E-state index contributed by atoms with van der Waals surface area (Å²) in [6.45, 7) is 0. The van der Waals surface area contributed by atoms with Crippen LogP contribution < -0.4 is 10.6 Å². The predicted molar refractivity (Wildman–Crippen MR) is 127 cm³/mol. The third kappa shape index (κ3) is 4.41. The molecule has 1 aliphatic heterocycles. The number of rotatable bonds is 3. The smallest absolute Gasteiger partial charge is 0.364 e. The SMILES string of the molecule is [2H]C1(c2cc(F)ccc2Cl)NC(=C=O)c2c1c(NC(=O)c1cc(F)cc(C(F)(F)F)c1)cc1ncccc21. The third-order valence-corrected chi connectivity index (χ3v) is 6.02. The number of aromatic nitrogens is 1. The molecule has 3 aromatic carbocycles. The highest BCUT2D eigenvalue weighted by Gasteiger charge is 2.35. The maximum Gasteiger partial charge on any atom is 0.416 e. The van der Waals surface area contributed by atoms with E-state index in [1.54, 1.807) is 18.1 Å². The topological polar surface area (TPSA) is 71.1 Å². The Bertz CT molecular complexity index is 1700. The number of fused-ring (bicyclic) bond motifs is 3. The number of halogens is 6. The van der Waals surface area contributed by atoms with Crippen molar-refractivity contribution >= 4 is 45.7 Å². The van der Waals surface area contributed by atoms with Crippen molar-refractivity contribution in [2.45, 2.75) is 12.2 Å². The Labute approximate surface area is 212 Å². The fraction of sp³-hybridized carbons (Fsp3) is 0.0769. The van der Waals surface area contributed by atoms with Gasteiger partial charge in [-0.05, 0) is 48.5 Å². The maximum atomic E-state index is 14.2. The van der Waals surface area contributed by atoms with Crippen molar-refractivity contribution in [3.8, 4) is 0 Å². The second kappa shape index (κ2) is 8.99. The second-order valence-corrected chi connectivity index (χ2v) is 8.43. The van der Waals surface area contributed by atoms with Crippen LogP contribution in [-0.4, -0.2) is 16.8 Å². The molecule has 5 nitrogen and oxygen atoms in total. The lowest BCUT2D eigenvalue weighted by atomic mass is 9.93. The molecule has 0 saturated heterocycles. The van der Waals surface area contributed by atoms with E-state index in [0.717, 1.165) is 12.1 Å². The molecular weight excluding hydrogens is 517 g/mol. The van der Waals surface area contributed by atoms with Crippen LogP contribution in [0.5, 0.6) is 0 Å². The fourth-order valence-corrected chi connectivity index (χ4v) is 4.35. The van der Waals surface area contributed by atoms with E-state index in [-0.39, 0.29) is 44.7 Å². The largest absolute Gasteiger partial charge is 0.416 e. The predicted octanol–water partition coefficient (Wildman–Crippen LogP) is 6.30. The maximum absolute atomic E-state index is 14.2. The highest BCUT2D eigenvalue weighted by Crippen LogP contribution is 2.45. The summed E-state index contributed by atoms with van der Waals surface area (Å²) in [5.74, 6) is -1.46. The van der Waals surface area contributed by atoms with Crippen LogP contribution in [0.3, 0.4) is 0 Å². The van der Waals surface area contributed by atoms with Crippen LogP contribution in [0.4, 0.5) is 27.6 Å². The van der Waals surface area contributed by atoms with Crippen LogP contribution in [0.1, 0.15) is 40.0 Å². The molecule has 1 unspecified atom stereocenters. The molecule has 0 bridgehead atoms. The first kappa shape index (κ1) is 23.1. The number of hydrogen-bond donors (Lipinski definition) is 2. The number of carbonyl (C=O) groups is 1. The molecule has 11 heteroatoms. The average molecular weight is 531 g/mol. The van der Waals surface area contributed by atoms with Crippen molar-refractivity contribution in [2.24, 2.45) is 0 Å². The number of nitrogens with zero attached hydrogens (tertiary/aromatic N) is 1. The van der Waals surface area contributed by atoms with Crippen LogP contribution in [0.15, 0.2) is 60.8 Å². The Morgan fingerprint density at radius 3 is 2.62 bits per heavy atom. The van der Waals surface area contributed by atoms with Gasteiger partial charge in [-0.25, -0.2) is 13.6 Å². The molecule has 4 aromatic rings. The van der Waals surface area contributed by atoms with Gasteiger partial charge in [0.05, 0.1) is 18.5 Å². The van der Waals surface area contributed by atoms with Gasteiger partial charge in [0, 0.05) is 44.5 Å². The molecule has 2 heterocycles. The second-order valence-electron chi connectivity index (χ2n) is 8.03. The van der Waals surface area contributed by atoms with Gasteiger partial charge in [-0.2, -0.15) is 13.2 Å². The molecule has 1 aromatic heterocycles. The number of alkyl halides is 3. The summed E-state index contributed by atoms with van der Waals surface area (Å²) < 4.78 is 77.1. The van der Waals surface area contributed by atoms with Crippen molar-refractivity contribution in [3.63, 3.8) is 0 Å². The van der Waals surface area contributed by atoms with Crippen molar-refractivity contribution in [1.29, 1.82) is 0 Å².